The molecule has 2 fully saturated rings. The Morgan fingerprint density at radius 2 is 1.69 bits per heavy atom. The highest BCUT2D eigenvalue weighted by Crippen LogP contribution is 2.23. The third-order valence-corrected chi connectivity index (χ3v) is 5.68. The van der Waals surface area contributed by atoms with Crippen molar-refractivity contribution in [3.05, 3.63) is 53.6 Å². The SMILES string of the molecule is N[C@H]1CC(C(=O)Nc2ccc(N3CCOCC3=O)cc2)N(C(=O)Nc2ccc(Cl)cc2)C1. The number of ether oxygens (including phenoxy) is 1. The summed E-state index contributed by atoms with van der Waals surface area (Å²) in [5.41, 5.74) is 7.93. The van der Waals surface area contributed by atoms with Gasteiger partial charge in [-0.05, 0) is 55.0 Å². The molecule has 0 bridgehead atoms. The molecule has 4 amide bonds. The molecule has 4 N–H and O–H groups in total. The third-order valence-electron chi connectivity index (χ3n) is 5.42. The number of amides is 4. The third kappa shape index (κ3) is 5.01. The normalized spacial score (nSPS) is 20.9. The molecule has 1 unspecified atom stereocenters. The average molecular weight is 458 g/mol. The van der Waals surface area contributed by atoms with E-state index in [9.17, 15) is 14.4 Å². The number of rotatable bonds is 4. The fourth-order valence-electron chi connectivity index (χ4n) is 3.81. The summed E-state index contributed by atoms with van der Waals surface area (Å²) >= 11 is 5.88. The molecule has 2 aromatic rings. The summed E-state index contributed by atoms with van der Waals surface area (Å²) in [6.07, 6.45) is 0.361. The zero-order valence-corrected chi connectivity index (χ0v) is 18.0. The Kier molecular flexibility index (Phi) is 6.59. The Labute approximate surface area is 190 Å². The van der Waals surface area contributed by atoms with Gasteiger partial charge in [-0.2, -0.15) is 0 Å². The molecule has 2 atom stereocenters. The number of hydrogen-bond acceptors (Lipinski definition) is 5. The van der Waals surface area contributed by atoms with E-state index < -0.39 is 12.1 Å². The Hall–Kier alpha value is -3.14. The lowest BCUT2D eigenvalue weighted by Crippen LogP contribution is -2.45. The van der Waals surface area contributed by atoms with Gasteiger partial charge in [-0.3, -0.25) is 9.59 Å². The van der Waals surface area contributed by atoms with E-state index in [1.807, 2.05) is 0 Å². The Bertz CT molecular complexity index is 998. The lowest BCUT2D eigenvalue weighted by Gasteiger charge is -2.27. The smallest absolute Gasteiger partial charge is 0.322 e. The largest absolute Gasteiger partial charge is 0.370 e. The minimum absolute atomic E-state index is 0.0638. The molecule has 2 saturated heterocycles. The molecule has 0 aliphatic carbocycles. The van der Waals surface area contributed by atoms with Crippen molar-refractivity contribution in [3.63, 3.8) is 0 Å². The van der Waals surface area contributed by atoms with E-state index in [0.29, 0.717) is 36.0 Å². The number of urea groups is 1. The van der Waals surface area contributed by atoms with E-state index >= 15 is 0 Å². The maximum Gasteiger partial charge on any atom is 0.322 e. The summed E-state index contributed by atoms with van der Waals surface area (Å²) < 4.78 is 5.15. The zero-order chi connectivity index (χ0) is 22.7. The number of anilines is 3. The Morgan fingerprint density at radius 1 is 1.03 bits per heavy atom. The van der Waals surface area contributed by atoms with Gasteiger partial charge < -0.3 is 30.9 Å². The highest BCUT2D eigenvalue weighted by molar-refractivity contribution is 6.30. The maximum absolute atomic E-state index is 12.9. The van der Waals surface area contributed by atoms with Crippen molar-refractivity contribution in [1.82, 2.24) is 4.90 Å². The Balaban J connectivity index is 1.40. The molecule has 2 heterocycles. The molecule has 0 spiro atoms. The average Bonchev–Trinajstić information content (AvgIpc) is 3.18. The number of hydrogen-bond donors (Lipinski definition) is 3. The molecule has 10 heteroatoms. The first-order valence-electron chi connectivity index (χ1n) is 10.3. The van der Waals surface area contributed by atoms with E-state index in [1.54, 1.807) is 53.4 Å². The van der Waals surface area contributed by atoms with Gasteiger partial charge in [0.2, 0.25) is 5.91 Å². The van der Waals surface area contributed by atoms with Gasteiger partial charge in [-0.15, -0.1) is 0 Å². The molecular weight excluding hydrogens is 434 g/mol. The monoisotopic (exact) mass is 457 g/mol. The summed E-state index contributed by atoms with van der Waals surface area (Å²) in [5, 5.41) is 6.18. The van der Waals surface area contributed by atoms with E-state index in [2.05, 4.69) is 10.6 Å². The predicted molar refractivity (Wildman–Crippen MR) is 122 cm³/mol. The van der Waals surface area contributed by atoms with Crippen LogP contribution in [0.3, 0.4) is 0 Å². The van der Waals surface area contributed by atoms with Crippen LogP contribution in [0.15, 0.2) is 48.5 Å². The van der Waals surface area contributed by atoms with Crippen LogP contribution in [0.5, 0.6) is 0 Å². The lowest BCUT2D eigenvalue weighted by atomic mass is 10.1. The highest BCUT2D eigenvalue weighted by Gasteiger charge is 2.38. The van der Waals surface area contributed by atoms with Crippen molar-refractivity contribution < 1.29 is 19.1 Å². The van der Waals surface area contributed by atoms with Gasteiger partial charge in [0, 0.05) is 41.2 Å². The number of benzene rings is 2. The molecule has 4 rings (SSSR count). The van der Waals surface area contributed by atoms with Crippen molar-refractivity contribution in [1.29, 1.82) is 0 Å². The molecule has 168 valence electrons. The molecular formula is C22H24ClN5O4. The fourth-order valence-corrected chi connectivity index (χ4v) is 3.94. The topological polar surface area (TPSA) is 117 Å². The van der Waals surface area contributed by atoms with Crippen LogP contribution in [0.1, 0.15) is 6.42 Å². The van der Waals surface area contributed by atoms with Gasteiger partial charge >= 0.3 is 6.03 Å². The first-order valence-corrected chi connectivity index (χ1v) is 10.7. The van der Waals surface area contributed by atoms with Gasteiger partial charge in [0.1, 0.15) is 12.6 Å². The van der Waals surface area contributed by atoms with Crippen LogP contribution in [-0.4, -0.2) is 61.1 Å². The van der Waals surface area contributed by atoms with Crippen LogP contribution in [-0.2, 0) is 14.3 Å². The van der Waals surface area contributed by atoms with Crippen LogP contribution in [0.2, 0.25) is 5.02 Å². The highest BCUT2D eigenvalue weighted by atomic mass is 35.5. The molecule has 2 aliphatic rings. The fraction of sp³-hybridized carbons (Fsp3) is 0.318. The standard InChI is InChI=1S/C22H24ClN5O4/c23-14-1-3-17(4-2-14)26-22(31)28-12-15(24)11-19(28)21(30)25-16-5-7-18(8-6-16)27-9-10-32-13-20(27)29/h1-8,15,19H,9-13,24H2,(H,25,30)(H,26,31)/t15-,19?/m0/s1. The van der Waals surface area contributed by atoms with Crippen molar-refractivity contribution in [3.8, 4) is 0 Å². The van der Waals surface area contributed by atoms with Gasteiger partial charge in [-0.1, -0.05) is 11.6 Å². The van der Waals surface area contributed by atoms with Crippen LogP contribution in [0.4, 0.5) is 21.9 Å². The minimum Gasteiger partial charge on any atom is -0.370 e. The molecule has 9 nitrogen and oxygen atoms in total. The number of nitrogens with zero attached hydrogens (tertiary/aromatic N) is 2. The van der Waals surface area contributed by atoms with Crippen LogP contribution < -0.4 is 21.3 Å². The number of nitrogens with two attached hydrogens (primary N) is 1. The van der Waals surface area contributed by atoms with Crippen molar-refractivity contribution in [2.45, 2.75) is 18.5 Å². The van der Waals surface area contributed by atoms with Crippen LogP contribution in [0.25, 0.3) is 0 Å². The first-order chi connectivity index (χ1) is 15.4. The summed E-state index contributed by atoms with van der Waals surface area (Å²) in [5.74, 6) is -0.422. The zero-order valence-electron chi connectivity index (χ0n) is 17.3. The number of morpholine rings is 1. The first kappa shape index (κ1) is 22.1. The van der Waals surface area contributed by atoms with Gasteiger partial charge in [0.05, 0.1) is 6.61 Å². The molecule has 0 aromatic heterocycles. The number of carbonyl (C=O) groups is 3. The van der Waals surface area contributed by atoms with Crippen LogP contribution in [0, 0.1) is 0 Å². The molecule has 0 saturated carbocycles. The lowest BCUT2D eigenvalue weighted by molar-refractivity contribution is -0.125. The van der Waals surface area contributed by atoms with Gasteiger partial charge in [0.25, 0.3) is 5.91 Å². The van der Waals surface area contributed by atoms with Crippen molar-refractivity contribution >= 4 is 46.5 Å². The van der Waals surface area contributed by atoms with Gasteiger partial charge in [-0.25, -0.2) is 4.79 Å². The second-order valence-electron chi connectivity index (χ2n) is 7.74. The van der Waals surface area contributed by atoms with E-state index in [-0.39, 0.29) is 31.0 Å². The maximum atomic E-state index is 12.9. The molecule has 32 heavy (non-hydrogen) atoms. The summed E-state index contributed by atoms with van der Waals surface area (Å²) in [7, 11) is 0. The number of nitrogens with one attached hydrogen (secondary N) is 2. The number of likely N-dealkylation sites (tertiary alicyclic amines) is 1. The van der Waals surface area contributed by atoms with E-state index in [4.69, 9.17) is 22.1 Å². The van der Waals surface area contributed by atoms with Crippen molar-refractivity contribution in [2.75, 3.05) is 41.8 Å². The number of carbonyl (C=O) groups excluding carboxylic acids is 3. The number of halogens is 1. The summed E-state index contributed by atoms with van der Waals surface area (Å²) in [6, 6.07) is 12.3. The molecule has 0 radical (unpaired) electrons. The summed E-state index contributed by atoms with van der Waals surface area (Å²) in [6.45, 7) is 1.31. The quantitative estimate of drug-likeness (QED) is 0.651. The second kappa shape index (κ2) is 9.56. The molecule has 2 aromatic carbocycles. The second-order valence-corrected chi connectivity index (χ2v) is 8.17. The minimum atomic E-state index is -0.696. The van der Waals surface area contributed by atoms with Gasteiger partial charge in [0.15, 0.2) is 0 Å². The van der Waals surface area contributed by atoms with Crippen LogP contribution >= 0.6 is 11.6 Å². The Morgan fingerprint density at radius 3 is 2.38 bits per heavy atom. The van der Waals surface area contributed by atoms with Crippen molar-refractivity contribution in [2.24, 2.45) is 5.73 Å². The van der Waals surface area contributed by atoms with E-state index in [0.717, 1.165) is 5.69 Å². The van der Waals surface area contributed by atoms with E-state index in [1.165, 1.54) is 4.90 Å². The predicted octanol–water partition coefficient (Wildman–Crippen LogP) is 2.28. The summed E-state index contributed by atoms with van der Waals surface area (Å²) in [4.78, 5) is 40.8. The molecule has 2 aliphatic heterocycles.